The number of nitrogens with one attached hydrogen (secondary N) is 2. The third-order valence-corrected chi connectivity index (χ3v) is 7.12. The smallest absolute Gasteiger partial charge is 0.159 e. The Hall–Kier alpha value is -4.27. The van der Waals surface area contributed by atoms with Gasteiger partial charge in [-0.15, -0.1) is 0 Å². The van der Waals surface area contributed by atoms with E-state index in [1.54, 1.807) is 6.20 Å². The van der Waals surface area contributed by atoms with Gasteiger partial charge < -0.3 is 14.6 Å². The SMILES string of the molecule is CN1CCN(Cc2ccc3nc(-c4n[nH]c5ccc(Oc6ccc7cccnc7c6)cc45)[nH]c3c2)CC1. The predicted octanol–water partition coefficient (Wildman–Crippen LogP) is 5.19. The van der Waals surface area contributed by atoms with Crippen molar-refractivity contribution in [2.45, 2.75) is 6.54 Å². The number of aromatic amines is 2. The number of benzene rings is 3. The maximum Gasteiger partial charge on any atom is 0.159 e. The van der Waals surface area contributed by atoms with E-state index in [9.17, 15) is 0 Å². The zero-order valence-electron chi connectivity index (χ0n) is 20.6. The second-order valence-electron chi connectivity index (χ2n) is 9.76. The summed E-state index contributed by atoms with van der Waals surface area (Å²) in [6.07, 6.45) is 1.79. The largest absolute Gasteiger partial charge is 0.457 e. The van der Waals surface area contributed by atoms with Crippen molar-refractivity contribution >= 4 is 32.8 Å². The van der Waals surface area contributed by atoms with Crippen molar-refractivity contribution < 1.29 is 4.74 Å². The van der Waals surface area contributed by atoms with E-state index in [1.165, 1.54) is 5.56 Å². The standard InChI is InChI=1S/C29H27N7O/c1-35-11-13-36(14-12-35)18-19-4-8-25-27(15-19)32-29(31-25)28-23-16-21(7-9-24(23)33-34-28)37-22-6-5-20-3-2-10-30-26(20)17-22/h2-10,15-17H,11-14,18H2,1H3,(H,31,32)(H,33,34). The number of piperazine rings is 1. The maximum atomic E-state index is 6.19. The molecule has 1 aliphatic rings. The zero-order chi connectivity index (χ0) is 24.8. The summed E-state index contributed by atoms with van der Waals surface area (Å²) >= 11 is 0. The Morgan fingerprint density at radius 3 is 2.65 bits per heavy atom. The van der Waals surface area contributed by atoms with Crippen LogP contribution in [0.1, 0.15) is 5.56 Å². The van der Waals surface area contributed by atoms with E-state index >= 15 is 0 Å². The molecule has 1 fully saturated rings. The Morgan fingerprint density at radius 2 is 1.73 bits per heavy atom. The molecular weight excluding hydrogens is 462 g/mol. The van der Waals surface area contributed by atoms with Crippen LogP contribution in [0.2, 0.25) is 0 Å². The van der Waals surface area contributed by atoms with Gasteiger partial charge in [-0.1, -0.05) is 12.1 Å². The summed E-state index contributed by atoms with van der Waals surface area (Å²) in [7, 11) is 2.18. The number of hydrogen-bond donors (Lipinski definition) is 2. The van der Waals surface area contributed by atoms with Gasteiger partial charge >= 0.3 is 0 Å². The molecule has 0 bridgehead atoms. The highest BCUT2D eigenvalue weighted by Gasteiger charge is 2.16. The van der Waals surface area contributed by atoms with Crippen LogP contribution in [0.5, 0.6) is 11.5 Å². The number of likely N-dealkylation sites (N-methyl/N-ethyl adjacent to an activating group) is 1. The first kappa shape index (κ1) is 22.0. The average Bonchev–Trinajstić information content (AvgIpc) is 3.53. The molecule has 6 aromatic rings. The van der Waals surface area contributed by atoms with Gasteiger partial charge in [-0.25, -0.2) is 4.98 Å². The van der Waals surface area contributed by atoms with E-state index in [0.717, 1.165) is 88.6 Å². The number of ether oxygens (including phenoxy) is 1. The lowest BCUT2D eigenvalue weighted by Gasteiger charge is -2.32. The Labute approximate surface area is 213 Å². The summed E-state index contributed by atoms with van der Waals surface area (Å²) in [4.78, 5) is 17.7. The van der Waals surface area contributed by atoms with Crippen molar-refractivity contribution in [1.82, 2.24) is 34.9 Å². The molecule has 3 aromatic heterocycles. The number of fused-ring (bicyclic) bond motifs is 3. The molecule has 0 saturated carbocycles. The lowest BCUT2D eigenvalue weighted by molar-refractivity contribution is 0.148. The zero-order valence-corrected chi connectivity index (χ0v) is 20.6. The topological polar surface area (TPSA) is 86.0 Å². The van der Waals surface area contributed by atoms with Crippen LogP contribution in [-0.4, -0.2) is 68.2 Å². The van der Waals surface area contributed by atoms with E-state index in [0.29, 0.717) is 0 Å². The molecule has 0 aliphatic carbocycles. The van der Waals surface area contributed by atoms with Crippen LogP contribution in [0.15, 0.2) is 72.9 Å². The van der Waals surface area contributed by atoms with Gasteiger partial charge in [0.15, 0.2) is 5.82 Å². The number of nitrogens with zero attached hydrogens (tertiary/aromatic N) is 5. The highest BCUT2D eigenvalue weighted by Crippen LogP contribution is 2.32. The lowest BCUT2D eigenvalue weighted by atomic mass is 10.1. The van der Waals surface area contributed by atoms with E-state index in [4.69, 9.17) is 9.72 Å². The molecule has 8 heteroatoms. The van der Waals surface area contributed by atoms with Crippen LogP contribution in [0.3, 0.4) is 0 Å². The van der Waals surface area contributed by atoms with Gasteiger partial charge in [-0.05, 0) is 61.1 Å². The molecule has 1 aliphatic heterocycles. The van der Waals surface area contributed by atoms with Gasteiger partial charge in [0.2, 0.25) is 0 Å². The Kier molecular flexibility index (Phi) is 5.34. The lowest BCUT2D eigenvalue weighted by Crippen LogP contribution is -2.43. The summed E-state index contributed by atoms with van der Waals surface area (Å²) in [6, 6.07) is 22.3. The van der Waals surface area contributed by atoms with Gasteiger partial charge in [0.25, 0.3) is 0 Å². The molecule has 2 N–H and O–H groups in total. The van der Waals surface area contributed by atoms with Crippen LogP contribution in [0, 0.1) is 0 Å². The average molecular weight is 490 g/mol. The first-order valence-corrected chi connectivity index (χ1v) is 12.6. The molecule has 0 amide bonds. The van der Waals surface area contributed by atoms with Crippen LogP contribution in [0.25, 0.3) is 44.4 Å². The predicted molar refractivity (Wildman–Crippen MR) is 146 cm³/mol. The molecule has 3 aromatic carbocycles. The van der Waals surface area contributed by atoms with Gasteiger partial charge in [-0.3, -0.25) is 15.0 Å². The number of aromatic nitrogens is 5. The van der Waals surface area contributed by atoms with Gasteiger partial charge in [-0.2, -0.15) is 5.10 Å². The van der Waals surface area contributed by atoms with Crippen LogP contribution in [-0.2, 0) is 6.54 Å². The number of H-pyrrole nitrogens is 2. The van der Waals surface area contributed by atoms with E-state index < -0.39 is 0 Å². The quantitative estimate of drug-likeness (QED) is 0.346. The minimum absolute atomic E-state index is 0.732. The first-order chi connectivity index (χ1) is 18.2. The van der Waals surface area contributed by atoms with Crippen molar-refractivity contribution in [3.05, 3.63) is 78.5 Å². The summed E-state index contributed by atoms with van der Waals surface area (Å²) in [6.45, 7) is 5.39. The van der Waals surface area contributed by atoms with Crippen LogP contribution in [0.4, 0.5) is 0 Å². The van der Waals surface area contributed by atoms with E-state index in [-0.39, 0.29) is 0 Å². The number of hydrogen-bond acceptors (Lipinski definition) is 6. The highest BCUT2D eigenvalue weighted by atomic mass is 16.5. The Morgan fingerprint density at radius 1 is 0.865 bits per heavy atom. The highest BCUT2D eigenvalue weighted by molar-refractivity contribution is 5.94. The third kappa shape index (κ3) is 4.30. The minimum atomic E-state index is 0.732. The minimum Gasteiger partial charge on any atom is -0.457 e. The fourth-order valence-corrected chi connectivity index (χ4v) is 5.01. The monoisotopic (exact) mass is 489 g/mol. The number of imidazole rings is 1. The molecule has 8 nitrogen and oxygen atoms in total. The molecule has 0 spiro atoms. The molecule has 184 valence electrons. The van der Waals surface area contributed by atoms with Crippen molar-refractivity contribution in [3.63, 3.8) is 0 Å². The molecule has 37 heavy (non-hydrogen) atoms. The van der Waals surface area contributed by atoms with Crippen molar-refractivity contribution in [2.75, 3.05) is 33.2 Å². The van der Waals surface area contributed by atoms with Crippen LogP contribution < -0.4 is 4.74 Å². The van der Waals surface area contributed by atoms with Crippen molar-refractivity contribution in [3.8, 4) is 23.0 Å². The summed E-state index contributed by atoms with van der Waals surface area (Å²) < 4.78 is 6.19. The normalized spacial score (nSPS) is 15.2. The molecular formula is C29H27N7O. The first-order valence-electron chi connectivity index (χ1n) is 12.6. The third-order valence-electron chi connectivity index (χ3n) is 7.12. The molecule has 4 heterocycles. The van der Waals surface area contributed by atoms with Crippen molar-refractivity contribution in [2.24, 2.45) is 0 Å². The molecule has 0 unspecified atom stereocenters. The Balaban J connectivity index is 1.17. The fraction of sp³-hybridized carbons (Fsp3) is 0.207. The number of rotatable bonds is 5. The summed E-state index contributed by atoms with van der Waals surface area (Å²) in [5.41, 5.74) is 5.86. The summed E-state index contributed by atoms with van der Waals surface area (Å²) in [5, 5.41) is 9.74. The van der Waals surface area contributed by atoms with Gasteiger partial charge in [0.05, 0.1) is 22.1 Å². The number of pyridine rings is 1. The van der Waals surface area contributed by atoms with Crippen molar-refractivity contribution in [1.29, 1.82) is 0 Å². The van der Waals surface area contributed by atoms with Gasteiger partial charge in [0, 0.05) is 55.8 Å². The second-order valence-corrected chi connectivity index (χ2v) is 9.76. The molecule has 0 radical (unpaired) electrons. The maximum absolute atomic E-state index is 6.19. The van der Waals surface area contributed by atoms with Crippen LogP contribution >= 0.6 is 0 Å². The Bertz CT molecular complexity index is 1730. The van der Waals surface area contributed by atoms with Gasteiger partial charge in [0.1, 0.15) is 17.2 Å². The fourth-order valence-electron chi connectivity index (χ4n) is 5.01. The molecule has 1 saturated heterocycles. The second kappa shape index (κ2) is 8.99. The van der Waals surface area contributed by atoms with E-state index in [2.05, 4.69) is 55.2 Å². The van der Waals surface area contributed by atoms with E-state index in [1.807, 2.05) is 48.5 Å². The molecule has 0 atom stereocenters. The molecule has 7 rings (SSSR count). The summed E-state index contributed by atoms with van der Waals surface area (Å²) in [5.74, 6) is 2.22.